The van der Waals surface area contributed by atoms with Crippen molar-refractivity contribution < 1.29 is 19.0 Å². The highest BCUT2D eigenvalue weighted by Crippen LogP contribution is 2.35. The van der Waals surface area contributed by atoms with Crippen LogP contribution in [0.4, 0.5) is 10.3 Å². The number of benzene rings is 2. The third-order valence-corrected chi connectivity index (χ3v) is 5.88. The van der Waals surface area contributed by atoms with Gasteiger partial charge in [-0.3, -0.25) is 0 Å². The van der Waals surface area contributed by atoms with E-state index in [9.17, 15) is 14.3 Å². The SMILES string of the molecule is O=C(O)c1cnc(N2CCC[C@H]2c2cccc(Br)c2)nc1COc1ccc(F)c(Cl)c1. The molecule has 0 unspecified atom stereocenters. The summed E-state index contributed by atoms with van der Waals surface area (Å²) in [6.07, 6.45) is 3.22. The van der Waals surface area contributed by atoms with Crippen molar-refractivity contribution in [2.75, 3.05) is 11.4 Å². The van der Waals surface area contributed by atoms with Crippen LogP contribution < -0.4 is 9.64 Å². The van der Waals surface area contributed by atoms with Crippen LogP contribution in [0.15, 0.2) is 53.1 Å². The lowest BCUT2D eigenvalue weighted by Gasteiger charge is -2.25. The normalized spacial score (nSPS) is 15.8. The maximum atomic E-state index is 13.4. The molecule has 9 heteroatoms. The molecule has 31 heavy (non-hydrogen) atoms. The predicted octanol–water partition coefficient (Wildman–Crippen LogP) is 5.65. The predicted molar refractivity (Wildman–Crippen MR) is 118 cm³/mol. The van der Waals surface area contributed by atoms with Gasteiger partial charge in [-0.25, -0.2) is 19.2 Å². The molecule has 1 aliphatic heterocycles. The van der Waals surface area contributed by atoms with Gasteiger partial charge in [-0.1, -0.05) is 39.7 Å². The van der Waals surface area contributed by atoms with E-state index in [2.05, 4.69) is 42.9 Å². The third-order valence-electron chi connectivity index (χ3n) is 5.10. The lowest BCUT2D eigenvalue weighted by Crippen LogP contribution is -2.26. The molecule has 0 spiro atoms. The zero-order valence-corrected chi connectivity index (χ0v) is 18.6. The smallest absolute Gasteiger partial charge is 0.339 e. The number of ether oxygens (including phenoxy) is 1. The van der Waals surface area contributed by atoms with Gasteiger partial charge in [-0.2, -0.15) is 0 Å². The number of halogens is 3. The molecule has 1 saturated heterocycles. The van der Waals surface area contributed by atoms with Gasteiger partial charge in [0.15, 0.2) is 0 Å². The molecule has 4 rings (SSSR count). The van der Waals surface area contributed by atoms with Gasteiger partial charge in [-0.05, 0) is 42.7 Å². The molecule has 3 aromatic rings. The average Bonchev–Trinajstić information content (AvgIpc) is 3.24. The summed E-state index contributed by atoms with van der Waals surface area (Å²) in [6.45, 7) is 0.645. The molecular formula is C22H18BrClFN3O3. The first-order valence-corrected chi connectivity index (χ1v) is 10.8. The van der Waals surface area contributed by atoms with E-state index in [0.717, 1.165) is 29.4 Å². The van der Waals surface area contributed by atoms with Crippen LogP contribution in [0, 0.1) is 5.82 Å². The van der Waals surface area contributed by atoms with Gasteiger partial charge in [-0.15, -0.1) is 0 Å². The van der Waals surface area contributed by atoms with Crippen molar-refractivity contribution in [1.29, 1.82) is 0 Å². The van der Waals surface area contributed by atoms with Gasteiger partial charge in [0.1, 0.15) is 23.7 Å². The Kier molecular flexibility index (Phi) is 6.38. The number of rotatable bonds is 6. The zero-order chi connectivity index (χ0) is 22.0. The number of aromatic carboxylic acids is 1. The molecule has 1 aromatic heterocycles. The highest BCUT2D eigenvalue weighted by Gasteiger charge is 2.29. The monoisotopic (exact) mass is 505 g/mol. The van der Waals surface area contributed by atoms with Gasteiger partial charge in [0.25, 0.3) is 0 Å². The summed E-state index contributed by atoms with van der Waals surface area (Å²) in [7, 11) is 0. The molecule has 6 nitrogen and oxygen atoms in total. The number of aromatic nitrogens is 2. The first kappa shape index (κ1) is 21.5. The number of hydrogen-bond donors (Lipinski definition) is 1. The molecule has 2 aromatic carbocycles. The minimum Gasteiger partial charge on any atom is -0.487 e. The van der Waals surface area contributed by atoms with Gasteiger partial charge >= 0.3 is 5.97 Å². The van der Waals surface area contributed by atoms with E-state index in [4.69, 9.17) is 16.3 Å². The van der Waals surface area contributed by atoms with Crippen molar-refractivity contribution in [2.24, 2.45) is 0 Å². The average molecular weight is 507 g/mol. The van der Waals surface area contributed by atoms with E-state index in [1.54, 1.807) is 0 Å². The van der Waals surface area contributed by atoms with E-state index in [1.807, 2.05) is 12.1 Å². The van der Waals surface area contributed by atoms with E-state index >= 15 is 0 Å². The molecule has 0 saturated carbocycles. The van der Waals surface area contributed by atoms with Crippen LogP contribution in [0.2, 0.25) is 5.02 Å². The molecule has 160 valence electrons. The van der Waals surface area contributed by atoms with Crippen LogP contribution in [0.25, 0.3) is 0 Å². The summed E-state index contributed by atoms with van der Waals surface area (Å²) in [6, 6.07) is 12.1. The summed E-state index contributed by atoms with van der Waals surface area (Å²) >= 11 is 9.30. The molecule has 2 heterocycles. The van der Waals surface area contributed by atoms with E-state index in [0.29, 0.717) is 11.7 Å². The zero-order valence-electron chi connectivity index (χ0n) is 16.3. The van der Waals surface area contributed by atoms with Crippen molar-refractivity contribution in [3.8, 4) is 5.75 Å². The van der Waals surface area contributed by atoms with E-state index < -0.39 is 11.8 Å². The second kappa shape index (κ2) is 9.20. The first-order chi connectivity index (χ1) is 14.9. The molecule has 0 radical (unpaired) electrons. The van der Waals surface area contributed by atoms with Gasteiger partial charge < -0.3 is 14.7 Å². The van der Waals surface area contributed by atoms with Crippen LogP contribution in [0.5, 0.6) is 5.75 Å². The summed E-state index contributed by atoms with van der Waals surface area (Å²) in [5.74, 6) is -0.941. The fourth-order valence-electron chi connectivity index (χ4n) is 3.62. The molecule has 0 bridgehead atoms. The lowest BCUT2D eigenvalue weighted by atomic mass is 10.1. The maximum absolute atomic E-state index is 13.4. The number of hydrogen-bond acceptors (Lipinski definition) is 5. The molecule has 1 aliphatic rings. The first-order valence-electron chi connectivity index (χ1n) is 9.61. The molecule has 1 atom stereocenters. The number of carboxylic acids is 1. The van der Waals surface area contributed by atoms with Gasteiger partial charge in [0, 0.05) is 23.3 Å². The molecule has 0 amide bonds. The van der Waals surface area contributed by atoms with Crippen LogP contribution >= 0.6 is 27.5 Å². The second-order valence-electron chi connectivity index (χ2n) is 7.11. The maximum Gasteiger partial charge on any atom is 0.339 e. The van der Waals surface area contributed by atoms with Crippen LogP contribution in [-0.4, -0.2) is 27.6 Å². The Morgan fingerprint density at radius 1 is 1.32 bits per heavy atom. The van der Waals surface area contributed by atoms with Crippen molar-refractivity contribution in [3.63, 3.8) is 0 Å². The number of carboxylic acid groups (broad SMARTS) is 1. The molecular weight excluding hydrogens is 489 g/mol. The largest absolute Gasteiger partial charge is 0.487 e. The summed E-state index contributed by atoms with van der Waals surface area (Å²) < 4.78 is 20.0. The summed E-state index contributed by atoms with van der Waals surface area (Å²) in [5, 5.41) is 9.46. The van der Waals surface area contributed by atoms with Gasteiger partial charge in [0.05, 0.1) is 16.8 Å². The Bertz CT molecular complexity index is 1130. The third kappa shape index (κ3) is 4.80. The second-order valence-corrected chi connectivity index (χ2v) is 8.43. The minimum absolute atomic E-state index is 0.0461. The van der Waals surface area contributed by atoms with Crippen LogP contribution in [0.3, 0.4) is 0 Å². The highest BCUT2D eigenvalue weighted by molar-refractivity contribution is 9.10. The quantitative estimate of drug-likeness (QED) is 0.466. The fourth-order valence-corrected chi connectivity index (χ4v) is 4.21. The van der Waals surface area contributed by atoms with Crippen LogP contribution in [0.1, 0.15) is 40.5 Å². The van der Waals surface area contributed by atoms with Crippen molar-refractivity contribution in [3.05, 3.63) is 80.8 Å². The standard InChI is InChI=1S/C22H18BrClFN3O3/c23-14-4-1-3-13(9-14)20-5-2-8-28(20)22-26-11-16(21(29)30)19(27-22)12-31-15-6-7-18(25)17(24)10-15/h1,3-4,6-7,9-11,20H,2,5,8,12H2,(H,29,30)/t20-/m0/s1. The lowest BCUT2D eigenvalue weighted by molar-refractivity contribution is 0.0692. The Morgan fingerprint density at radius 2 is 2.16 bits per heavy atom. The molecule has 1 N–H and O–H groups in total. The molecule has 0 aliphatic carbocycles. The number of carbonyl (C=O) groups is 1. The van der Waals surface area contributed by atoms with Crippen LogP contribution in [-0.2, 0) is 6.61 Å². The van der Waals surface area contributed by atoms with Gasteiger partial charge in [0.2, 0.25) is 5.95 Å². The number of anilines is 1. The molecule has 1 fully saturated rings. The minimum atomic E-state index is -1.15. The topological polar surface area (TPSA) is 75.5 Å². The Hall–Kier alpha value is -2.71. The Labute approximate surface area is 191 Å². The van der Waals surface area contributed by atoms with E-state index in [1.165, 1.54) is 24.4 Å². The summed E-state index contributed by atoms with van der Waals surface area (Å²) in [5.41, 5.74) is 1.32. The number of nitrogens with zero attached hydrogens (tertiary/aromatic N) is 3. The summed E-state index contributed by atoms with van der Waals surface area (Å²) in [4.78, 5) is 22.6. The van der Waals surface area contributed by atoms with Crippen molar-refractivity contribution >= 4 is 39.4 Å². The highest BCUT2D eigenvalue weighted by atomic mass is 79.9. The van der Waals surface area contributed by atoms with Crippen molar-refractivity contribution in [1.82, 2.24) is 9.97 Å². The van der Waals surface area contributed by atoms with E-state index in [-0.39, 0.29) is 28.9 Å². The van der Waals surface area contributed by atoms with Crippen molar-refractivity contribution in [2.45, 2.75) is 25.5 Å². The Balaban J connectivity index is 1.61. The Morgan fingerprint density at radius 3 is 2.90 bits per heavy atom. The fraction of sp³-hybridized carbons (Fsp3) is 0.227.